The summed E-state index contributed by atoms with van der Waals surface area (Å²) >= 11 is 0. The van der Waals surface area contributed by atoms with E-state index in [0.29, 0.717) is 5.69 Å². The lowest BCUT2D eigenvalue weighted by Gasteiger charge is -2.12. The monoisotopic (exact) mass is 210 g/mol. The fourth-order valence-electron chi connectivity index (χ4n) is 1.10. The van der Waals surface area contributed by atoms with E-state index < -0.39 is 0 Å². The average molecular weight is 210 g/mol. The predicted octanol–water partition coefficient (Wildman–Crippen LogP) is 1.63. The van der Waals surface area contributed by atoms with E-state index in [1.807, 2.05) is 6.92 Å². The van der Waals surface area contributed by atoms with Crippen molar-refractivity contribution in [3.05, 3.63) is 29.6 Å². The molecule has 0 aromatic heterocycles. The Morgan fingerprint density at radius 2 is 2.13 bits per heavy atom. The highest BCUT2D eigenvalue weighted by Gasteiger charge is 2.06. The van der Waals surface area contributed by atoms with Crippen LogP contribution in [0.2, 0.25) is 0 Å². The minimum Gasteiger partial charge on any atom is -0.374 e. The van der Waals surface area contributed by atoms with Gasteiger partial charge in [0, 0.05) is 14.1 Å². The van der Waals surface area contributed by atoms with Crippen molar-refractivity contribution < 1.29 is 9.18 Å². The highest BCUT2D eigenvalue weighted by atomic mass is 19.1. The highest BCUT2D eigenvalue weighted by molar-refractivity contribution is 5.80. The van der Waals surface area contributed by atoms with Crippen LogP contribution in [-0.4, -0.2) is 31.4 Å². The summed E-state index contributed by atoms with van der Waals surface area (Å²) in [6.45, 7) is 1.98. The maximum Gasteiger partial charge on any atom is 0.241 e. The topological polar surface area (TPSA) is 32.3 Å². The molecule has 0 fully saturated rings. The Bertz CT molecular complexity index is 364. The fraction of sp³-hybridized carbons (Fsp3) is 0.364. The Morgan fingerprint density at radius 3 is 2.73 bits per heavy atom. The zero-order valence-corrected chi connectivity index (χ0v) is 9.17. The zero-order chi connectivity index (χ0) is 11.4. The smallest absolute Gasteiger partial charge is 0.241 e. The molecule has 4 heteroatoms. The number of rotatable bonds is 3. The van der Waals surface area contributed by atoms with Gasteiger partial charge in [0.05, 0.1) is 12.2 Å². The van der Waals surface area contributed by atoms with Gasteiger partial charge in [-0.2, -0.15) is 0 Å². The summed E-state index contributed by atoms with van der Waals surface area (Å²) in [7, 11) is 3.33. The number of halogens is 1. The van der Waals surface area contributed by atoms with E-state index in [-0.39, 0.29) is 18.3 Å². The molecule has 0 aliphatic carbocycles. The minimum absolute atomic E-state index is 0.0871. The van der Waals surface area contributed by atoms with Crippen molar-refractivity contribution in [1.29, 1.82) is 0 Å². The van der Waals surface area contributed by atoms with E-state index in [4.69, 9.17) is 0 Å². The van der Waals surface area contributed by atoms with Crippen LogP contribution < -0.4 is 5.32 Å². The first-order valence-electron chi connectivity index (χ1n) is 4.71. The number of hydrogen-bond acceptors (Lipinski definition) is 2. The van der Waals surface area contributed by atoms with Gasteiger partial charge in [-0.05, 0) is 24.6 Å². The van der Waals surface area contributed by atoms with E-state index in [1.165, 1.54) is 11.0 Å². The van der Waals surface area contributed by atoms with E-state index in [9.17, 15) is 9.18 Å². The molecule has 0 unspecified atom stereocenters. The van der Waals surface area contributed by atoms with Crippen molar-refractivity contribution in [1.82, 2.24) is 4.90 Å². The summed E-state index contributed by atoms with van der Waals surface area (Å²) in [4.78, 5) is 12.7. The van der Waals surface area contributed by atoms with Crippen molar-refractivity contribution in [2.45, 2.75) is 6.92 Å². The average Bonchev–Trinajstić information content (AvgIpc) is 2.18. The van der Waals surface area contributed by atoms with Crippen LogP contribution >= 0.6 is 0 Å². The van der Waals surface area contributed by atoms with Crippen LogP contribution in [0.1, 0.15) is 5.56 Å². The molecule has 0 atom stereocenters. The van der Waals surface area contributed by atoms with Gasteiger partial charge in [-0.3, -0.25) is 4.79 Å². The fourth-order valence-corrected chi connectivity index (χ4v) is 1.10. The Kier molecular flexibility index (Phi) is 3.66. The number of carbonyl (C=O) groups is 1. The molecule has 0 heterocycles. The molecule has 0 spiro atoms. The van der Waals surface area contributed by atoms with Gasteiger partial charge in [0.2, 0.25) is 5.91 Å². The van der Waals surface area contributed by atoms with Crippen molar-refractivity contribution in [3.63, 3.8) is 0 Å². The Hall–Kier alpha value is -1.58. The van der Waals surface area contributed by atoms with Crippen molar-refractivity contribution in [3.8, 4) is 0 Å². The zero-order valence-electron chi connectivity index (χ0n) is 9.17. The number of anilines is 1. The number of nitrogens with one attached hydrogen (secondary N) is 1. The minimum atomic E-state index is -0.341. The van der Waals surface area contributed by atoms with Gasteiger partial charge >= 0.3 is 0 Å². The van der Waals surface area contributed by atoms with Crippen molar-refractivity contribution >= 4 is 11.6 Å². The van der Waals surface area contributed by atoms with Crippen LogP contribution in [0.3, 0.4) is 0 Å². The summed E-state index contributed by atoms with van der Waals surface area (Å²) < 4.78 is 13.2. The normalized spacial score (nSPS) is 9.87. The van der Waals surface area contributed by atoms with Crippen molar-refractivity contribution in [2.75, 3.05) is 26.0 Å². The molecule has 0 radical (unpaired) electrons. The van der Waals surface area contributed by atoms with Crippen LogP contribution in [0.5, 0.6) is 0 Å². The maximum atomic E-state index is 13.2. The summed E-state index contributed by atoms with van der Waals surface area (Å²) in [6, 6.07) is 4.75. The van der Waals surface area contributed by atoms with Gasteiger partial charge in [-0.25, -0.2) is 4.39 Å². The third-order valence-corrected chi connectivity index (χ3v) is 2.05. The third-order valence-electron chi connectivity index (χ3n) is 2.05. The van der Waals surface area contributed by atoms with Crippen LogP contribution in [-0.2, 0) is 4.79 Å². The lowest BCUT2D eigenvalue weighted by molar-refractivity contribution is -0.126. The van der Waals surface area contributed by atoms with E-state index in [2.05, 4.69) is 5.32 Å². The molecule has 0 aliphatic rings. The Balaban J connectivity index is 2.65. The molecule has 0 bridgehead atoms. The Labute approximate surface area is 88.9 Å². The number of aryl methyl sites for hydroxylation is 1. The predicted molar refractivity (Wildman–Crippen MR) is 58.3 cm³/mol. The molecule has 3 nitrogen and oxygen atoms in total. The van der Waals surface area contributed by atoms with Crippen LogP contribution in [0, 0.1) is 12.7 Å². The summed E-state index contributed by atoms with van der Waals surface area (Å²) in [6.07, 6.45) is 0. The van der Waals surface area contributed by atoms with Gasteiger partial charge in [-0.1, -0.05) is 6.07 Å². The molecule has 1 amide bonds. The molecule has 1 rings (SSSR count). The third kappa shape index (κ3) is 3.23. The van der Waals surface area contributed by atoms with Gasteiger partial charge < -0.3 is 10.2 Å². The first kappa shape index (κ1) is 11.5. The summed E-state index contributed by atoms with van der Waals surface area (Å²) in [5.74, 6) is -0.428. The van der Waals surface area contributed by atoms with Crippen molar-refractivity contribution in [2.24, 2.45) is 0 Å². The first-order chi connectivity index (χ1) is 7.00. The van der Waals surface area contributed by atoms with Crippen LogP contribution in [0.4, 0.5) is 10.1 Å². The molecular formula is C11H15FN2O. The maximum absolute atomic E-state index is 13.2. The molecule has 0 aliphatic heterocycles. The quantitative estimate of drug-likeness (QED) is 0.822. The second-order valence-electron chi connectivity index (χ2n) is 3.63. The van der Waals surface area contributed by atoms with Gasteiger partial charge in [0.15, 0.2) is 0 Å². The van der Waals surface area contributed by atoms with E-state index in [1.54, 1.807) is 26.2 Å². The summed E-state index contributed by atoms with van der Waals surface area (Å²) in [5, 5.41) is 2.77. The highest BCUT2D eigenvalue weighted by Crippen LogP contribution is 2.15. The second-order valence-corrected chi connectivity index (χ2v) is 3.63. The van der Waals surface area contributed by atoms with Gasteiger partial charge in [0.1, 0.15) is 5.82 Å². The van der Waals surface area contributed by atoms with Gasteiger partial charge in [0.25, 0.3) is 0 Å². The van der Waals surface area contributed by atoms with Crippen LogP contribution in [0.25, 0.3) is 0 Å². The molecule has 82 valence electrons. The molecular weight excluding hydrogens is 195 g/mol. The molecule has 0 saturated carbocycles. The standard InChI is InChI=1S/C11H15FN2O/c1-8-4-5-9(12)10(6-8)13-7-11(15)14(2)3/h4-6,13H,7H2,1-3H3. The lowest BCUT2D eigenvalue weighted by Crippen LogP contribution is -2.28. The van der Waals surface area contributed by atoms with Gasteiger partial charge in [-0.15, -0.1) is 0 Å². The molecule has 0 saturated heterocycles. The number of amides is 1. The number of likely N-dealkylation sites (N-methyl/N-ethyl adjacent to an activating group) is 1. The molecule has 15 heavy (non-hydrogen) atoms. The van der Waals surface area contributed by atoms with E-state index >= 15 is 0 Å². The lowest BCUT2D eigenvalue weighted by atomic mass is 10.2. The SMILES string of the molecule is Cc1ccc(F)c(NCC(=O)N(C)C)c1. The number of carbonyl (C=O) groups excluding carboxylic acids is 1. The Morgan fingerprint density at radius 1 is 1.47 bits per heavy atom. The van der Waals surface area contributed by atoms with E-state index in [0.717, 1.165) is 5.56 Å². The molecule has 1 N–H and O–H groups in total. The second kappa shape index (κ2) is 4.77. The van der Waals surface area contributed by atoms with Crippen LogP contribution in [0.15, 0.2) is 18.2 Å². The first-order valence-corrected chi connectivity index (χ1v) is 4.71. The largest absolute Gasteiger partial charge is 0.374 e. The summed E-state index contributed by atoms with van der Waals surface area (Å²) in [5.41, 5.74) is 1.32. The number of nitrogens with zero attached hydrogens (tertiary/aromatic N) is 1. The molecule has 1 aromatic carbocycles. The number of benzene rings is 1. The molecule has 1 aromatic rings. The number of hydrogen-bond donors (Lipinski definition) is 1.